The standard InChI is InChI=1S/C11H18N4O/c1-3-10(11(12)15-16)14-8(2)9-5-4-6-13-7-9/h4-8,10,14,16H,3H2,1-2H3,(H2,12,15)/t8-,10?/m1/s1. The van der Waals surface area contributed by atoms with E-state index in [4.69, 9.17) is 10.9 Å². The van der Waals surface area contributed by atoms with E-state index in [1.807, 2.05) is 26.0 Å². The van der Waals surface area contributed by atoms with Gasteiger partial charge >= 0.3 is 0 Å². The highest BCUT2D eigenvalue weighted by Crippen LogP contribution is 2.11. The maximum atomic E-state index is 8.63. The van der Waals surface area contributed by atoms with Crippen molar-refractivity contribution in [1.29, 1.82) is 0 Å². The van der Waals surface area contributed by atoms with Gasteiger partial charge in [-0.1, -0.05) is 18.1 Å². The number of nitrogens with zero attached hydrogens (tertiary/aromatic N) is 2. The predicted molar refractivity (Wildman–Crippen MR) is 63.3 cm³/mol. The fraction of sp³-hybridized carbons (Fsp3) is 0.455. The number of hydrogen-bond acceptors (Lipinski definition) is 4. The van der Waals surface area contributed by atoms with Crippen LogP contribution in [-0.4, -0.2) is 22.1 Å². The number of nitrogens with one attached hydrogen (secondary N) is 1. The molecule has 1 aromatic rings. The summed E-state index contributed by atoms with van der Waals surface area (Å²) in [5.74, 6) is 0.207. The van der Waals surface area contributed by atoms with Crippen molar-refractivity contribution >= 4 is 5.84 Å². The molecule has 5 nitrogen and oxygen atoms in total. The number of oxime groups is 1. The fourth-order valence-corrected chi connectivity index (χ4v) is 1.51. The summed E-state index contributed by atoms with van der Waals surface area (Å²) in [5, 5.41) is 14.9. The zero-order valence-electron chi connectivity index (χ0n) is 9.59. The van der Waals surface area contributed by atoms with E-state index in [1.54, 1.807) is 12.4 Å². The van der Waals surface area contributed by atoms with E-state index in [2.05, 4.69) is 15.5 Å². The van der Waals surface area contributed by atoms with E-state index in [-0.39, 0.29) is 17.9 Å². The second-order valence-electron chi connectivity index (χ2n) is 3.66. The first-order valence-electron chi connectivity index (χ1n) is 5.32. The van der Waals surface area contributed by atoms with Crippen LogP contribution in [0.1, 0.15) is 31.9 Å². The number of aromatic nitrogens is 1. The van der Waals surface area contributed by atoms with E-state index in [1.165, 1.54) is 0 Å². The van der Waals surface area contributed by atoms with Gasteiger partial charge in [-0.25, -0.2) is 0 Å². The molecule has 88 valence electrons. The maximum absolute atomic E-state index is 8.63. The van der Waals surface area contributed by atoms with Crippen molar-refractivity contribution in [3.8, 4) is 0 Å². The van der Waals surface area contributed by atoms with Gasteiger partial charge in [-0.3, -0.25) is 4.98 Å². The second-order valence-corrected chi connectivity index (χ2v) is 3.66. The van der Waals surface area contributed by atoms with E-state index in [0.717, 1.165) is 12.0 Å². The van der Waals surface area contributed by atoms with Gasteiger partial charge in [0.1, 0.15) is 0 Å². The molecule has 1 aromatic heterocycles. The Bertz CT molecular complexity index is 339. The Hall–Kier alpha value is -1.62. The molecule has 16 heavy (non-hydrogen) atoms. The molecule has 0 saturated heterocycles. The van der Waals surface area contributed by atoms with Crippen LogP contribution in [0.15, 0.2) is 29.7 Å². The van der Waals surface area contributed by atoms with Crippen molar-refractivity contribution in [1.82, 2.24) is 10.3 Å². The number of hydrogen-bond donors (Lipinski definition) is 3. The lowest BCUT2D eigenvalue weighted by molar-refractivity contribution is 0.313. The molecular weight excluding hydrogens is 204 g/mol. The third-order valence-electron chi connectivity index (χ3n) is 2.52. The SMILES string of the molecule is CCC(N[C@H](C)c1cccnc1)/C(N)=N/O. The van der Waals surface area contributed by atoms with Crippen LogP contribution in [0, 0.1) is 0 Å². The van der Waals surface area contributed by atoms with E-state index >= 15 is 0 Å². The minimum Gasteiger partial charge on any atom is -0.409 e. The normalized spacial score (nSPS) is 15.8. The first kappa shape index (κ1) is 12.4. The molecule has 0 amide bonds. The van der Waals surface area contributed by atoms with Gasteiger partial charge in [-0.05, 0) is 25.0 Å². The van der Waals surface area contributed by atoms with Gasteiger partial charge in [0, 0.05) is 18.4 Å². The molecule has 0 aliphatic carbocycles. The highest BCUT2D eigenvalue weighted by molar-refractivity contribution is 5.85. The van der Waals surface area contributed by atoms with Crippen molar-refractivity contribution in [3.05, 3.63) is 30.1 Å². The highest BCUT2D eigenvalue weighted by atomic mass is 16.4. The lowest BCUT2D eigenvalue weighted by Gasteiger charge is -2.21. The number of amidine groups is 1. The fourth-order valence-electron chi connectivity index (χ4n) is 1.51. The molecule has 0 bridgehead atoms. The second kappa shape index (κ2) is 6.07. The van der Waals surface area contributed by atoms with Crippen LogP contribution in [0.2, 0.25) is 0 Å². The lowest BCUT2D eigenvalue weighted by Crippen LogP contribution is -2.42. The summed E-state index contributed by atoms with van der Waals surface area (Å²) in [6, 6.07) is 3.86. The summed E-state index contributed by atoms with van der Waals surface area (Å²) in [5.41, 5.74) is 6.65. The average Bonchev–Trinajstić information content (AvgIpc) is 2.35. The van der Waals surface area contributed by atoms with Crippen molar-refractivity contribution in [3.63, 3.8) is 0 Å². The summed E-state index contributed by atoms with van der Waals surface area (Å²) >= 11 is 0. The van der Waals surface area contributed by atoms with Gasteiger partial charge in [-0.2, -0.15) is 0 Å². The Labute approximate surface area is 95.4 Å². The van der Waals surface area contributed by atoms with Crippen LogP contribution in [0.5, 0.6) is 0 Å². The molecule has 0 aliphatic rings. The minimum atomic E-state index is -0.125. The summed E-state index contributed by atoms with van der Waals surface area (Å²) in [4.78, 5) is 4.05. The molecular formula is C11H18N4O. The molecule has 5 heteroatoms. The Morgan fingerprint density at radius 3 is 2.94 bits per heavy atom. The molecule has 0 aromatic carbocycles. The van der Waals surface area contributed by atoms with E-state index in [9.17, 15) is 0 Å². The monoisotopic (exact) mass is 222 g/mol. The topological polar surface area (TPSA) is 83.5 Å². The molecule has 1 heterocycles. The Balaban J connectivity index is 2.66. The molecule has 4 N–H and O–H groups in total. The molecule has 0 radical (unpaired) electrons. The number of pyridine rings is 1. The molecule has 0 fully saturated rings. The molecule has 2 atom stereocenters. The molecule has 1 unspecified atom stereocenters. The quantitative estimate of drug-likeness (QED) is 0.303. The van der Waals surface area contributed by atoms with Crippen LogP contribution >= 0.6 is 0 Å². The van der Waals surface area contributed by atoms with Crippen molar-refractivity contribution < 1.29 is 5.21 Å². The average molecular weight is 222 g/mol. The Morgan fingerprint density at radius 2 is 2.44 bits per heavy atom. The van der Waals surface area contributed by atoms with Crippen LogP contribution in [-0.2, 0) is 0 Å². The Morgan fingerprint density at radius 1 is 1.69 bits per heavy atom. The van der Waals surface area contributed by atoms with Gasteiger partial charge in [0.2, 0.25) is 0 Å². The number of nitrogens with two attached hydrogens (primary N) is 1. The zero-order valence-corrected chi connectivity index (χ0v) is 9.59. The predicted octanol–water partition coefficient (Wildman–Crippen LogP) is 1.26. The molecule has 0 aliphatic heterocycles. The third kappa shape index (κ3) is 3.20. The third-order valence-corrected chi connectivity index (χ3v) is 2.52. The largest absolute Gasteiger partial charge is 0.409 e. The summed E-state index contributed by atoms with van der Waals surface area (Å²) < 4.78 is 0. The Kier molecular flexibility index (Phi) is 4.72. The summed E-state index contributed by atoms with van der Waals surface area (Å²) in [6.45, 7) is 4.00. The van der Waals surface area contributed by atoms with Gasteiger partial charge in [0.25, 0.3) is 0 Å². The van der Waals surface area contributed by atoms with E-state index < -0.39 is 0 Å². The highest BCUT2D eigenvalue weighted by Gasteiger charge is 2.15. The summed E-state index contributed by atoms with van der Waals surface area (Å²) in [7, 11) is 0. The van der Waals surface area contributed by atoms with Crippen LogP contribution in [0.25, 0.3) is 0 Å². The van der Waals surface area contributed by atoms with Gasteiger partial charge in [-0.15, -0.1) is 0 Å². The van der Waals surface area contributed by atoms with Crippen LogP contribution in [0.3, 0.4) is 0 Å². The van der Waals surface area contributed by atoms with Crippen molar-refractivity contribution in [2.45, 2.75) is 32.4 Å². The number of rotatable bonds is 5. The van der Waals surface area contributed by atoms with E-state index in [0.29, 0.717) is 0 Å². The van der Waals surface area contributed by atoms with Gasteiger partial charge in [0.05, 0.1) is 6.04 Å². The van der Waals surface area contributed by atoms with Crippen LogP contribution < -0.4 is 11.1 Å². The van der Waals surface area contributed by atoms with Gasteiger partial charge in [0.15, 0.2) is 5.84 Å². The smallest absolute Gasteiger partial charge is 0.156 e. The molecule has 1 rings (SSSR count). The van der Waals surface area contributed by atoms with Gasteiger partial charge < -0.3 is 16.3 Å². The first-order valence-corrected chi connectivity index (χ1v) is 5.32. The summed E-state index contributed by atoms with van der Waals surface area (Å²) in [6.07, 6.45) is 4.30. The lowest BCUT2D eigenvalue weighted by atomic mass is 10.1. The maximum Gasteiger partial charge on any atom is 0.156 e. The van der Waals surface area contributed by atoms with Crippen molar-refractivity contribution in [2.24, 2.45) is 10.9 Å². The van der Waals surface area contributed by atoms with Crippen molar-refractivity contribution in [2.75, 3.05) is 0 Å². The first-order chi connectivity index (χ1) is 7.69. The van der Waals surface area contributed by atoms with Crippen LogP contribution in [0.4, 0.5) is 0 Å². The minimum absolute atomic E-state index is 0.110. The molecule has 0 spiro atoms. The zero-order chi connectivity index (χ0) is 12.0. The molecule has 0 saturated carbocycles.